The van der Waals surface area contributed by atoms with Gasteiger partial charge in [-0.25, -0.2) is 18.4 Å². The first kappa shape index (κ1) is 32.2. The van der Waals surface area contributed by atoms with Crippen molar-refractivity contribution in [2.75, 3.05) is 26.2 Å². The van der Waals surface area contributed by atoms with Crippen molar-refractivity contribution in [2.24, 2.45) is 0 Å². The number of pyridine rings is 2. The van der Waals surface area contributed by atoms with Crippen molar-refractivity contribution < 1.29 is 31.1 Å². The molecule has 5 rings (SSSR count). The summed E-state index contributed by atoms with van der Waals surface area (Å²) in [6.07, 6.45) is -1.53. The molecule has 13 nitrogen and oxygen atoms in total. The molecule has 4 aromatic rings. The quantitative estimate of drug-likeness (QED) is 0.220. The van der Waals surface area contributed by atoms with Gasteiger partial charge in [-0.3, -0.25) is 19.3 Å². The summed E-state index contributed by atoms with van der Waals surface area (Å²) < 4.78 is 72.6. The number of aromatic nitrogens is 6. The summed E-state index contributed by atoms with van der Waals surface area (Å²) in [5.74, 6) is -1.74. The first-order chi connectivity index (χ1) is 21.4. The van der Waals surface area contributed by atoms with Gasteiger partial charge >= 0.3 is 6.18 Å². The molecule has 0 amide bonds. The van der Waals surface area contributed by atoms with Crippen molar-refractivity contribution in [1.29, 1.82) is 0 Å². The number of aromatic amines is 1. The molecule has 5 heterocycles. The van der Waals surface area contributed by atoms with Gasteiger partial charge in [0.1, 0.15) is 16.2 Å². The van der Waals surface area contributed by atoms with E-state index in [2.05, 4.69) is 25.4 Å². The highest BCUT2D eigenvalue weighted by Crippen LogP contribution is 2.31. The number of carbonyl (C=O) groups excluding carboxylic acids is 1. The molecule has 4 aromatic heterocycles. The summed E-state index contributed by atoms with van der Waals surface area (Å²) in [5.41, 5.74) is 1.59. The Morgan fingerprint density at radius 3 is 2.62 bits per heavy atom. The van der Waals surface area contributed by atoms with Gasteiger partial charge in [0, 0.05) is 38.3 Å². The van der Waals surface area contributed by atoms with Crippen LogP contribution in [-0.4, -0.2) is 86.7 Å². The van der Waals surface area contributed by atoms with Crippen LogP contribution in [0.4, 0.5) is 13.2 Å². The van der Waals surface area contributed by atoms with Gasteiger partial charge in [0.05, 0.1) is 36.3 Å². The summed E-state index contributed by atoms with van der Waals surface area (Å²) in [5, 5.41) is 7.28. The molecule has 45 heavy (non-hydrogen) atoms. The number of nitrogens with zero attached hydrogens (tertiary/aromatic N) is 6. The van der Waals surface area contributed by atoms with Gasteiger partial charge in [0.2, 0.25) is 21.7 Å². The Bertz CT molecular complexity index is 1860. The molecule has 2 N–H and O–H groups in total. The van der Waals surface area contributed by atoms with Crippen LogP contribution in [-0.2, 0) is 27.8 Å². The monoisotopic (exact) mass is 648 g/mol. The second-order valence-corrected chi connectivity index (χ2v) is 12.3. The Morgan fingerprint density at radius 1 is 1.18 bits per heavy atom. The molecule has 0 radical (unpaired) electrons. The van der Waals surface area contributed by atoms with Crippen molar-refractivity contribution in [3.05, 3.63) is 58.4 Å². The fourth-order valence-corrected chi connectivity index (χ4v) is 6.39. The predicted octanol–water partition coefficient (Wildman–Crippen LogP) is 2.46. The Labute approximate surface area is 255 Å². The maximum absolute atomic E-state index is 13.4. The Balaban J connectivity index is 1.43. The summed E-state index contributed by atoms with van der Waals surface area (Å²) >= 11 is 0. The number of alkyl halides is 3. The van der Waals surface area contributed by atoms with Crippen LogP contribution < -0.4 is 15.6 Å². The molecular formula is C28H31F3N8O5S. The van der Waals surface area contributed by atoms with Crippen molar-refractivity contribution >= 4 is 26.8 Å². The van der Waals surface area contributed by atoms with Crippen molar-refractivity contribution in [1.82, 2.24) is 39.3 Å². The van der Waals surface area contributed by atoms with Crippen LogP contribution in [0.2, 0.25) is 0 Å². The zero-order chi connectivity index (χ0) is 32.4. The second-order valence-electron chi connectivity index (χ2n) is 10.4. The second kappa shape index (κ2) is 13.0. The Kier molecular flexibility index (Phi) is 9.31. The minimum atomic E-state index is -4.91. The van der Waals surface area contributed by atoms with E-state index in [9.17, 15) is 31.2 Å². The fraction of sp³-hybridized carbons (Fsp3) is 0.429. The van der Waals surface area contributed by atoms with E-state index in [4.69, 9.17) is 9.72 Å². The van der Waals surface area contributed by atoms with Gasteiger partial charge in [-0.2, -0.15) is 22.6 Å². The third-order valence-electron chi connectivity index (χ3n) is 7.17. The number of nitrogens with one attached hydrogen (secondary N) is 2. The van der Waals surface area contributed by atoms with Gasteiger partial charge in [-0.05, 0) is 31.5 Å². The predicted molar refractivity (Wildman–Crippen MR) is 156 cm³/mol. The van der Waals surface area contributed by atoms with Crippen molar-refractivity contribution in [3.8, 4) is 17.3 Å². The lowest BCUT2D eigenvalue weighted by Crippen LogP contribution is -2.59. The third-order valence-corrected chi connectivity index (χ3v) is 8.97. The molecule has 240 valence electrons. The van der Waals surface area contributed by atoms with Gasteiger partial charge < -0.3 is 15.0 Å². The van der Waals surface area contributed by atoms with Crippen LogP contribution in [0.3, 0.4) is 0 Å². The molecule has 0 aliphatic carbocycles. The van der Waals surface area contributed by atoms with Crippen molar-refractivity contribution in [3.63, 3.8) is 0 Å². The van der Waals surface area contributed by atoms with Gasteiger partial charge in [0.25, 0.3) is 5.56 Å². The lowest BCUT2D eigenvalue weighted by molar-refractivity contribution is -0.170. The number of ether oxygens (including phenoxy) is 1. The fourth-order valence-electron chi connectivity index (χ4n) is 4.89. The van der Waals surface area contributed by atoms with Crippen LogP contribution in [0.5, 0.6) is 5.88 Å². The standard InChI is InChI=1S/C28H31F3N8O5S/c1-3-7-21-23-24(37-39(21)16-17-8-5-6-10-32-17)26(41)36-25(35-23)20-12-19(13-34-27(20)44-4-2)45(42,43)38-14-18(15-38)33-11-9-22(40)28(29,30)31/h5-6,8,10,12-13,18,33H,3-4,7,9,11,14-16H2,1-2H3,(H,35,36,41). The van der Waals surface area contributed by atoms with Crippen LogP contribution in [0, 0.1) is 0 Å². The number of carbonyl (C=O) groups is 1. The SMILES string of the molecule is CCCc1c2nc(-c3cc(S(=O)(=O)N4CC(NCCC(=O)C(F)(F)F)C4)cnc3OCC)[nH]c(=O)c2nn1Cc1ccccn1. The normalized spacial score (nSPS) is 14.5. The molecule has 0 aromatic carbocycles. The first-order valence-electron chi connectivity index (χ1n) is 14.3. The summed E-state index contributed by atoms with van der Waals surface area (Å²) in [7, 11) is -4.08. The van der Waals surface area contributed by atoms with E-state index in [-0.39, 0.29) is 53.9 Å². The van der Waals surface area contributed by atoms with E-state index in [0.29, 0.717) is 18.5 Å². The number of Topliss-reactive ketones (excluding diaryl/α,β-unsaturated/α-hetero) is 1. The van der Waals surface area contributed by atoms with Crippen LogP contribution in [0.25, 0.3) is 22.4 Å². The lowest BCUT2D eigenvalue weighted by Gasteiger charge is -2.38. The van der Waals surface area contributed by atoms with E-state index < -0.39 is 40.0 Å². The molecule has 0 atom stereocenters. The van der Waals surface area contributed by atoms with Gasteiger partial charge in [-0.1, -0.05) is 19.4 Å². The molecule has 1 fully saturated rings. The van der Waals surface area contributed by atoms with E-state index in [1.165, 1.54) is 6.07 Å². The summed E-state index contributed by atoms with van der Waals surface area (Å²) in [4.78, 5) is 40.1. The van der Waals surface area contributed by atoms with E-state index in [0.717, 1.165) is 28.3 Å². The highest BCUT2D eigenvalue weighted by Gasteiger charge is 2.39. The van der Waals surface area contributed by atoms with Gasteiger partial charge in [0.15, 0.2) is 5.52 Å². The topological polar surface area (TPSA) is 165 Å². The molecule has 0 bridgehead atoms. The average molecular weight is 649 g/mol. The Hall–Kier alpha value is -4.22. The van der Waals surface area contributed by atoms with E-state index in [1.807, 2.05) is 19.1 Å². The molecule has 0 spiro atoms. The maximum Gasteiger partial charge on any atom is 0.450 e. The lowest BCUT2D eigenvalue weighted by atomic mass is 10.1. The third kappa shape index (κ3) is 6.89. The van der Waals surface area contributed by atoms with Crippen LogP contribution in [0.15, 0.2) is 46.3 Å². The highest BCUT2D eigenvalue weighted by molar-refractivity contribution is 7.89. The smallest absolute Gasteiger partial charge is 0.450 e. The molecular weight excluding hydrogens is 617 g/mol. The number of sulfonamides is 1. The summed E-state index contributed by atoms with van der Waals surface area (Å²) in [6, 6.07) is 6.40. The minimum absolute atomic E-state index is 0.0119. The maximum atomic E-state index is 13.4. The number of hydrogen-bond donors (Lipinski definition) is 2. The highest BCUT2D eigenvalue weighted by atomic mass is 32.2. The molecule has 1 aliphatic heterocycles. The number of fused-ring (bicyclic) bond motifs is 1. The first-order valence-corrected chi connectivity index (χ1v) is 15.7. The zero-order valence-corrected chi connectivity index (χ0v) is 25.3. The van der Waals surface area contributed by atoms with Crippen LogP contribution >= 0.6 is 0 Å². The number of halogens is 3. The van der Waals surface area contributed by atoms with Crippen molar-refractivity contribution in [2.45, 2.75) is 56.8 Å². The summed E-state index contributed by atoms with van der Waals surface area (Å²) in [6.45, 7) is 3.99. The minimum Gasteiger partial charge on any atom is -0.477 e. The molecule has 1 aliphatic rings. The number of ketones is 1. The molecule has 0 unspecified atom stereocenters. The molecule has 17 heteroatoms. The average Bonchev–Trinajstić information content (AvgIpc) is 3.31. The van der Waals surface area contributed by atoms with Gasteiger partial charge in [-0.15, -0.1) is 0 Å². The van der Waals surface area contributed by atoms with E-state index in [1.54, 1.807) is 23.9 Å². The van der Waals surface area contributed by atoms with Crippen LogP contribution in [0.1, 0.15) is 38.1 Å². The molecule has 1 saturated heterocycles. The molecule has 0 saturated carbocycles. The zero-order valence-electron chi connectivity index (χ0n) is 24.5. The largest absolute Gasteiger partial charge is 0.477 e. The number of aryl methyl sites for hydroxylation is 1. The van der Waals surface area contributed by atoms with E-state index >= 15 is 0 Å². The number of hydrogen-bond acceptors (Lipinski definition) is 10. The number of H-pyrrole nitrogens is 1. The Morgan fingerprint density at radius 2 is 1.96 bits per heavy atom. The number of rotatable bonds is 13.